The van der Waals surface area contributed by atoms with Crippen LogP contribution in [0, 0.1) is 0 Å². The number of piperidine rings is 1. The zero-order valence-electron chi connectivity index (χ0n) is 15.9. The molecule has 3 aromatic rings. The minimum Gasteiger partial charge on any atom is -0.385 e. The number of halogens is 3. The normalized spacial score (nSPS) is 16.6. The molecule has 156 valence electrons. The molecular formula is C22H19F3N2O3. The monoisotopic (exact) mass is 416 g/mol. The lowest BCUT2D eigenvalue weighted by Crippen LogP contribution is -2.47. The van der Waals surface area contributed by atoms with Gasteiger partial charge < -0.3 is 15.0 Å². The number of aliphatic hydroxyl groups is 1. The first-order valence-electron chi connectivity index (χ1n) is 9.49. The zero-order valence-corrected chi connectivity index (χ0v) is 15.9. The van der Waals surface area contributed by atoms with Crippen LogP contribution in [0.25, 0.3) is 10.9 Å². The standard InChI is InChI=1S/C22H19F3N2O3/c23-22(24,25)15-5-3-4-14(12-15)21(30)8-10-27(11-9-21)20(29)19(28)17-13-26-18-7-2-1-6-16(17)18/h1-7,12-13,26,30H,8-11H2. The van der Waals surface area contributed by atoms with Crippen LogP contribution in [0.4, 0.5) is 13.2 Å². The van der Waals surface area contributed by atoms with Crippen LogP contribution in [0.3, 0.4) is 0 Å². The Labute approximate surface area is 170 Å². The molecule has 2 aromatic carbocycles. The van der Waals surface area contributed by atoms with E-state index in [2.05, 4.69) is 4.98 Å². The minimum absolute atomic E-state index is 0.0429. The van der Waals surface area contributed by atoms with Crippen molar-refractivity contribution in [3.05, 3.63) is 71.4 Å². The van der Waals surface area contributed by atoms with Crippen molar-refractivity contribution in [2.24, 2.45) is 0 Å². The van der Waals surface area contributed by atoms with Crippen molar-refractivity contribution in [2.45, 2.75) is 24.6 Å². The molecule has 0 saturated carbocycles. The SMILES string of the molecule is O=C(C(=O)N1CCC(O)(c2cccc(C(F)(F)F)c2)CC1)c1c[nH]c2ccccc12. The molecule has 1 aliphatic heterocycles. The highest BCUT2D eigenvalue weighted by molar-refractivity contribution is 6.44. The number of carbonyl (C=O) groups is 2. The summed E-state index contributed by atoms with van der Waals surface area (Å²) in [5.74, 6) is -1.34. The maximum absolute atomic E-state index is 13.0. The Morgan fingerprint density at radius 2 is 1.73 bits per heavy atom. The number of alkyl halides is 3. The smallest absolute Gasteiger partial charge is 0.385 e. The van der Waals surface area contributed by atoms with E-state index in [-0.39, 0.29) is 37.1 Å². The third-order valence-electron chi connectivity index (χ3n) is 5.63. The van der Waals surface area contributed by atoms with Gasteiger partial charge in [-0.2, -0.15) is 13.2 Å². The van der Waals surface area contributed by atoms with E-state index in [0.717, 1.165) is 17.6 Å². The number of nitrogens with zero attached hydrogens (tertiary/aromatic N) is 1. The molecule has 1 aromatic heterocycles. The third-order valence-corrected chi connectivity index (χ3v) is 5.63. The molecule has 1 aliphatic rings. The van der Waals surface area contributed by atoms with Gasteiger partial charge in [0, 0.05) is 30.2 Å². The summed E-state index contributed by atoms with van der Waals surface area (Å²) in [7, 11) is 0. The predicted molar refractivity (Wildman–Crippen MR) is 104 cm³/mol. The number of rotatable bonds is 3. The number of H-pyrrole nitrogens is 1. The summed E-state index contributed by atoms with van der Waals surface area (Å²) in [6, 6.07) is 11.7. The van der Waals surface area contributed by atoms with Crippen LogP contribution in [0.15, 0.2) is 54.7 Å². The lowest BCUT2D eigenvalue weighted by molar-refractivity contribution is -0.137. The quantitative estimate of drug-likeness (QED) is 0.503. The van der Waals surface area contributed by atoms with E-state index in [1.54, 1.807) is 18.2 Å². The van der Waals surface area contributed by atoms with Crippen molar-refractivity contribution in [1.29, 1.82) is 0 Å². The van der Waals surface area contributed by atoms with Gasteiger partial charge >= 0.3 is 6.18 Å². The molecule has 2 N–H and O–H groups in total. The van der Waals surface area contributed by atoms with E-state index in [1.807, 2.05) is 6.07 Å². The van der Waals surface area contributed by atoms with E-state index < -0.39 is 29.0 Å². The lowest BCUT2D eigenvalue weighted by atomic mass is 9.83. The van der Waals surface area contributed by atoms with E-state index in [1.165, 1.54) is 23.2 Å². The second kappa shape index (κ2) is 7.28. The summed E-state index contributed by atoms with van der Waals surface area (Å²) in [4.78, 5) is 29.7. The Balaban J connectivity index is 1.49. The number of benzene rings is 2. The fraction of sp³-hybridized carbons (Fsp3) is 0.273. The Morgan fingerprint density at radius 1 is 1.03 bits per heavy atom. The van der Waals surface area contributed by atoms with Crippen molar-refractivity contribution < 1.29 is 27.9 Å². The van der Waals surface area contributed by atoms with Crippen LogP contribution in [0.5, 0.6) is 0 Å². The Kier molecular flexibility index (Phi) is 4.89. The highest BCUT2D eigenvalue weighted by atomic mass is 19.4. The number of hydrogen-bond acceptors (Lipinski definition) is 3. The van der Waals surface area contributed by atoms with E-state index in [9.17, 15) is 27.9 Å². The fourth-order valence-corrected chi connectivity index (χ4v) is 3.87. The third kappa shape index (κ3) is 3.59. The lowest BCUT2D eigenvalue weighted by Gasteiger charge is -2.38. The second-order valence-electron chi connectivity index (χ2n) is 7.48. The summed E-state index contributed by atoms with van der Waals surface area (Å²) in [5.41, 5.74) is -1.14. The van der Waals surface area contributed by atoms with Gasteiger partial charge in [-0.15, -0.1) is 0 Å². The maximum Gasteiger partial charge on any atom is 0.416 e. The van der Waals surface area contributed by atoms with Crippen molar-refractivity contribution in [1.82, 2.24) is 9.88 Å². The van der Waals surface area contributed by atoms with Crippen LogP contribution in [-0.4, -0.2) is 39.8 Å². The molecule has 4 rings (SSSR count). The van der Waals surface area contributed by atoms with Crippen LogP contribution < -0.4 is 0 Å². The van der Waals surface area contributed by atoms with Gasteiger partial charge in [-0.3, -0.25) is 9.59 Å². The molecule has 1 amide bonds. The zero-order chi connectivity index (χ0) is 21.5. The number of nitrogens with one attached hydrogen (secondary N) is 1. The largest absolute Gasteiger partial charge is 0.416 e. The summed E-state index contributed by atoms with van der Waals surface area (Å²) in [5, 5.41) is 11.5. The molecule has 0 bridgehead atoms. The van der Waals surface area contributed by atoms with Gasteiger partial charge in [0.2, 0.25) is 0 Å². The molecule has 8 heteroatoms. The van der Waals surface area contributed by atoms with Gasteiger partial charge in [0.25, 0.3) is 11.7 Å². The number of likely N-dealkylation sites (tertiary alicyclic amines) is 1. The van der Waals surface area contributed by atoms with Gasteiger partial charge in [0.05, 0.1) is 16.7 Å². The Morgan fingerprint density at radius 3 is 2.43 bits per heavy atom. The highest BCUT2D eigenvalue weighted by Gasteiger charge is 2.39. The van der Waals surface area contributed by atoms with Gasteiger partial charge in [-0.1, -0.05) is 30.3 Å². The minimum atomic E-state index is -4.51. The number of carbonyl (C=O) groups excluding carboxylic acids is 2. The number of ketones is 1. The molecule has 2 heterocycles. The van der Waals surface area contributed by atoms with Crippen molar-refractivity contribution in [3.8, 4) is 0 Å². The Bertz CT molecular complexity index is 1110. The van der Waals surface area contributed by atoms with Crippen LogP contribution in [0.1, 0.15) is 34.3 Å². The number of para-hydroxylation sites is 1. The molecule has 5 nitrogen and oxygen atoms in total. The first kappa shape index (κ1) is 20.2. The van der Waals surface area contributed by atoms with Gasteiger partial charge in [-0.05, 0) is 36.6 Å². The maximum atomic E-state index is 13.0. The van der Waals surface area contributed by atoms with Crippen LogP contribution >= 0.6 is 0 Å². The first-order valence-corrected chi connectivity index (χ1v) is 9.49. The van der Waals surface area contributed by atoms with Crippen LogP contribution in [-0.2, 0) is 16.6 Å². The number of aromatic nitrogens is 1. The second-order valence-corrected chi connectivity index (χ2v) is 7.48. The van der Waals surface area contributed by atoms with Gasteiger partial charge in [-0.25, -0.2) is 0 Å². The van der Waals surface area contributed by atoms with E-state index in [4.69, 9.17) is 0 Å². The topological polar surface area (TPSA) is 73.4 Å². The number of Topliss-reactive ketones (excluding diaryl/α,β-unsaturated/α-hetero) is 1. The number of hydrogen-bond donors (Lipinski definition) is 2. The molecule has 30 heavy (non-hydrogen) atoms. The summed E-state index contributed by atoms with van der Waals surface area (Å²) < 4.78 is 39.0. The molecule has 0 aliphatic carbocycles. The average Bonchev–Trinajstić information content (AvgIpc) is 3.17. The molecule has 1 saturated heterocycles. The molecule has 1 fully saturated rings. The molecule has 0 atom stereocenters. The van der Waals surface area contributed by atoms with Gasteiger partial charge in [0.15, 0.2) is 0 Å². The van der Waals surface area contributed by atoms with E-state index >= 15 is 0 Å². The predicted octanol–water partition coefficient (Wildman–Crippen LogP) is 3.88. The molecule has 0 spiro atoms. The van der Waals surface area contributed by atoms with Crippen LogP contribution in [0.2, 0.25) is 0 Å². The molecule has 0 unspecified atom stereocenters. The number of aromatic amines is 1. The summed E-state index contributed by atoms with van der Waals surface area (Å²) >= 11 is 0. The summed E-state index contributed by atoms with van der Waals surface area (Å²) in [6.07, 6.45) is -2.93. The highest BCUT2D eigenvalue weighted by Crippen LogP contribution is 2.37. The first-order chi connectivity index (χ1) is 14.2. The van der Waals surface area contributed by atoms with E-state index in [0.29, 0.717) is 5.39 Å². The average molecular weight is 416 g/mol. The number of fused-ring (bicyclic) bond motifs is 1. The van der Waals surface area contributed by atoms with Crippen molar-refractivity contribution >= 4 is 22.6 Å². The van der Waals surface area contributed by atoms with Crippen molar-refractivity contribution in [3.63, 3.8) is 0 Å². The molecular weight excluding hydrogens is 397 g/mol. The van der Waals surface area contributed by atoms with Crippen molar-refractivity contribution in [2.75, 3.05) is 13.1 Å². The fourth-order valence-electron chi connectivity index (χ4n) is 3.87. The Hall–Kier alpha value is -3.13. The molecule has 0 radical (unpaired) electrons. The van der Waals surface area contributed by atoms with Gasteiger partial charge in [0.1, 0.15) is 0 Å². The number of amides is 1. The summed E-state index contributed by atoms with van der Waals surface area (Å²) in [6.45, 7) is 0.138.